The van der Waals surface area contributed by atoms with Crippen LogP contribution in [0.2, 0.25) is 0 Å². The number of carbonyl (C=O) groups is 2. The maximum atomic E-state index is 12.4. The van der Waals surface area contributed by atoms with E-state index in [0.29, 0.717) is 15.8 Å². The Bertz CT molecular complexity index is 735. The first-order valence-electron chi connectivity index (χ1n) is 7.28. The van der Waals surface area contributed by atoms with E-state index in [1.165, 1.54) is 12.4 Å². The third-order valence-electron chi connectivity index (χ3n) is 2.84. The molecule has 0 saturated carbocycles. The Morgan fingerprint density at radius 2 is 1.96 bits per heavy atom. The highest BCUT2D eigenvalue weighted by atomic mass is 79.9. The summed E-state index contributed by atoms with van der Waals surface area (Å²) < 4.78 is 5.97. The summed E-state index contributed by atoms with van der Waals surface area (Å²) >= 11 is 20.2. The van der Waals surface area contributed by atoms with Crippen LogP contribution in [-0.4, -0.2) is 49.8 Å². The van der Waals surface area contributed by atoms with E-state index in [-0.39, 0.29) is 16.1 Å². The number of halogens is 4. The number of ether oxygens (including phenoxy) is 1. The quantitative estimate of drug-likeness (QED) is 0.469. The molecule has 0 spiro atoms. The summed E-state index contributed by atoms with van der Waals surface area (Å²) in [5.41, 5.74) is 0.294. The number of hydrogen-bond donors (Lipinski definition) is 1. The minimum atomic E-state index is -0.783. The lowest BCUT2D eigenvalue weighted by atomic mass is 10.2. The zero-order chi connectivity index (χ0) is 19.9. The first-order valence-corrected chi connectivity index (χ1v) is 9.21. The first kappa shape index (κ1) is 22.8. The second-order valence-corrected chi connectivity index (χ2v) is 7.69. The van der Waals surface area contributed by atoms with E-state index in [2.05, 4.69) is 26.2 Å². The molecule has 0 aliphatic heterocycles. The summed E-state index contributed by atoms with van der Waals surface area (Å²) in [5.74, 6) is -0.539. The highest BCUT2D eigenvalue weighted by molar-refractivity contribution is 9.10. The van der Waals surface area contributed by atoms with Crippen LogP contribution >= 0.6 is 50.7 Å². The Morgan fingerprint density at radius 1 is 1.31 bits per heavy atom. The van der Waals surface area contributed by atoms with Crippen LogP contribution in [0.5, 0.6) is 5.75 Å². The standard InChI is InChI=1S/C16H17BrCl3N3O3/c1-9(15(24)21-8-23(2)3)22-16(25)10-4-11(17)6-12(5-10)26-7-13(18)14(19)20/h4-6,8-9H,7H2,1-3H3,(H,22,25)/b21-8+/t9-/m0/s1. The molecule has 0 aromatic heterocycles. The molecule has 1 aromatic carbocycles. The van der Waals surface area contributed by atoms with Crippen molar-refractivity contribution >= 4 is 68.9 Å². The molecule has 0 aliphatic rings. The van der Waals surface area contributed by atoms with Crippen LogP contribution in [0.3, 0.4) is 0 Å². The zero-order valence-electron chi connectivity index (χ0n) is 14.2. The molecule has 1 N–H and O–H groups in total. The summed E-state index contributed by atoms with van der Waals surface area (Å²) in [4.78, 5) is 29.6. The Labute approximate surface area is 175 Å². The molecular formula is C16H17BrCl3N3O3. The fraction of sp³-hybridized carbons (Fsp3) is 0.312. The number of hydrogen-bond acceptors (Lipinski definition) is 3. The molecule has 10 heteroatoms. The van der Waals surface area contributed by atoms with Gasteiger partial charge in [-0.25, -0.2) is 4.99 Å². The lowest BCUT2D eigenvalue weighted by molar-refractivity contribution is -0.119. The monoisotopic (exact) mass is 483 g/mol. The normalized spacial score (nSPS) is 11.8. The van der Waals surface area contributed by atoms with E-state index in [9.17, 15) is 9.59 Å². The average molecular weight is 486 g/mol. The summed E-state index contributed by atoms with van der Waals surface area (Å²) in [6.07, 6.45) is 1.37. The number of benzene rings is 1. The van der Waals surface area contributed by atoms with Crippen molar-refractivity contribution in [2.45, 2.75) is 13.0 Å². The average Bonchev–Trinajstić information content (AvgIpc) is 2.56. The predicted molar refractivity (Wildman–Crippen MR) is 108 cm³/mol. The van der Waals surface area contributed by atoms with Crippen molar-refractivity contribution in [2.24, 2.45) is 4.99 Å². The van der Waals surface area contributed by atoms with Crippen LogP contribution in [-0.2, 0) is 4.79 Å². The maximum Gasteiger partial charge on any atom is 0.269 e. The van der Waals surface area contributed by atoms with Crippen molar-refractivity contribution in [2.75, 3.05) is 20.7 Å². The number of nitrogens with zero attached hydrogens (tertiary/aromatic N) is 2. The molecule has 0 heterocycles. The van der Waals surface area contributed by atoms with Gasteiger partial charge in [-0.3, -0.25) is 9.59 Å². The number of carbonyl (C=O) groups excluding carboxylic acids is 2. The molecule has 1 atom stereocenters. The third kappa shape index (κ3) is 7.95. The molecule has 0 unspecified atom stereocenters. The number of amides is 2. The molecule has 0 fully saturated rings. The molecule has 1 aromatic rings. The van der Waals surface area contributed by atoms with Crippen LogP contribution < -0.4 is 10.1 Å². The maximum absolute atomic E-state index is 12.4. The molecule has 0 saturated heterocycles. The minimum absolute atomic E-state index is 0.0461. The van der Waals surface area contributed by atoms with Crippen molar-refractivity contribution in [3.63, 3.8) is 0 Å². The van der Waals surface area contributed by atoms with Gasteiger partial charge in [0.05, 0.1) is 11.4 Å². The smallest absolute Gasteiger partial charge is 0.269 e. The highest BCUT2D eigenvalue weighted by Gasteiger charge is 2.17. The lowest BCUT2D eigenvalue weighted by Gasteiger charge is -2.12. The Morgan fingerprint density at radius 3 is 2.54 bits per heavy atom. The topological polar surface area (TPSA) is 71.0 Å². The second kappa shape index (κ2) is 10.8. The van der Waals surface area contributed by atoms with Crippen LogP contribution in [0.1, 0.15) is 17.3 Å². The van der Waals surface area contributed by atoms with Gasteiger partial charge in [-0.05, 0) is 25.1 Å². The van der Waals surface area contributed by atoms with Crippen molar-refractivity contribution < 1.29 is 14.3 Å². The molecule has 6 nitrogen and oxygen atoms in total. The Kier molecular flexibility index (Phi) is 9.43. The molecule has 0 radical (unpaired) electrons. The minimum Gasteiger partial charge on any atom is -0.488 e. The van der Waals surface area contributed by atoms with Gasteiger partial charge in [-0.15, -0.1) is 0 Å². The van der Waals surface area contributed by atoms with Gasteiger partial charge in [-0.2, -0.15) is 0 Å². The number of rotatable bonds is 7. The molecule has 0 bridgehead atoms. The van der Waals surface area contributed by atoms with Gasteiger partial charge in [-0.1, -0.05) is 50.7 Å². The molecule has 1 rings (SSSR count). The number of aliphatic imine (C=N–C) groups is 1. The van der Waals surface area contributed by atoms with Crippen molar-refractivity contribution in [1.29, 1.82) is 0 Å². The van der Waals surface area contributed by atoms with Gasteiger partial charge in [0.1, 0.15) is 22.9 Å². The lowest BCUT2D eigenvalue weighted by Crippen LogP contribution is -2.38. The van der Waals surface area contributed by atoms with Crippen molar-refractivity contribution in [3.05, 3.63) is 37.8 Å². The summed E-state index contributed by atoms with van der Waals surface area (Å²) in [5, 5.41) is 2.72. The van der Waals surface area contributed by atoms with Gasteiger partial charge in [0.2, 0.25) is 0 Å². The molecule has 0 aliphatic carbocycles. The van der Waals surface area contributed by atoms with Crippen molar-refractivity contribution in [3.8, 4) is 5.75 Å². The summed E-state index contributed by atoms with van der Waals surface area (Å²) in [6, 6.07) is 3.97. The van der Waals surface area contributed by atoms with Gasteiger partial charge < -0.3 is 15.0 Å². The van der Waals surface area contributed by atoms with E-state index in [0.717, 1.165) is 0 Å². The summed E-state index contributed by atoms with van der Waals surface area (Å²) in [7, 11) is 3.48. The van der Waals surface area contributed by atoms with Crippen LogP contribution in [0.15, 0.2) is 37.2 Å². The Balaban J connectivity index is 2.83. The van der Waals surface area contributed by atoms with Crippen LogP contribution in [0, 0.1) is 0 Å². The summed E-state index contributed by atoms with van der Waals surface area (Å²) in [6.45, 7) is 1.51. The zero-order valence-corrected chi connectivity index (χ0v) is 18.1. The first-order chi connectivity index (χ1) is 12.1. The number of nitrogens with one attached hydrogen (secondary N) is 1. The largest absolute Gasteiger partial charge is 0.488 e. The van der Waals surface area contributed by atoms with E-state index in [4.69, 9.17) is 39.5 Å². The highest BCUT2D eigenvalue weighted by Crippen LogP contribution is 2.24. The predicted octanol–water partition coefficient (Wildman–Crippen LogP) is 3.95. The third-order valence-corrected chi connectivity index (χ3v) is 4.24. The van der Waals surface area contributed by atoms with E-state index >= 15 is 0 Å². The van der Waals surface area contributed by atoms with Crippen LogP contribution in [0.25, 0.3) is 0 Å². The van der Waals surface area contributed by atoms with E-state index in [1.807, 2.05) is 0 Å². The van der Waals surface area contributed by atoms with Gasteiger partial charge in [0.15, 0.2) is 0 Å². The molecule has 2 amide bonds. The van der Waals surface area contributed by atoms with Crippen LogP contribution in [0.4, 0.5) is 0 Å². The fourth-order valence-corrected chi connectivity index (χ4v) is 2.24. The van der Waals surface area contributed by atoms with E-state index < -0.39 is 17.9 Å². The van der Waals surface area contributed by atoms with E-state index in [1.54, 1.807) is 38.1 Å². The molecule has 142 valence electrons. The second-order valence-electron chi connectivity index (χ2n) is 5.37. The van der Waals surface area contributed by atoms with Crippen molar-refractivity contribution in [1.82, 2.24) is 10.2 Å². The SMILES string of the molecule is C[C@H](NC(=O)c1cc(Br)cc(OCC(Cl)=C(Cl)Cl)c1)C(=O)/N=C/N(C)C. The van der Waals surface area contributed by atoms with Gasteiger partial charge in [0, 0.05) is 24.1 Å². The van der Waals surface area contributed by atoms with Gasteiger partial charge >= 0.3 is 0 Å². The Hall–Kier alpha value is -1.28. The van der Waals surface area contributed by atoms with Gasteiger partial charge in [0.25, 0.3) is 11.8 Å². The fourth-order valence-electron chi connectivity index (χ4n) is 1.60. The molecule has 26 heavy (non-hydrogen) atoms. The molecular weight excluding hydrogens is 468 g/mol.